The van der Waals surface area contributed by atoms with E-state index in [-0.39, 0.29) is 16.9 Å². The third-order valence-electron chi connectivity index (χ3n) is 3.85. The first-order valence-corrected chi connectivity index (χ1v) is 9.01. The smallest absolute Gasteiger partial charge is 0.250 e. The Bertz CT molecular complexity index is 859. The molecule has 0 saturated carbocycles. The number of thiocarbonyl (C=S) groups is 1. The molecule has 0 aromatic heterocycles. The van der Waals surface area contributed by atoms with E-state index in [9.17, 15) is 9.59 Å². The lowest BCUT2D eigenvalue weighted by Gasteiger charge is -2.11. The van der Waals surface area contributed by atoms with Crippen LogP contribution in [0.3, 0.4) is 0 Å². The molecule has 2 amide bonds. The number of nitrogens with one attached hydrogen (secondary N) is 2. The van der Waals surface area contributed by atoms with Gasteiger partial charge in [0.1, 0.15) is 5.75 Å². The van der Waals surface area contributed by atoms with Crippen molar-refractivity contribution < 1.29 is 14.3 Å². The summed E-state index contributed by atoms with van der Waals surface area (Å²) in [6, 6.07) is 14.6. The summed E-state index contributed by atoms with van der Waals surface area (Å²) in [6.45, 7) is 0. The van der Waals surface area contributed by atoms with Crippen molar-refractivity contribution in [2.75, 3.05) is 26.5 Å². The highest BCUT2D eigenvalue weighted by atomic mass is 32.1. The van der Waals surface area contributed by atoms with Crippen molar-refractivity contribution in [3.8, 4) is 5.75 Å². The van der Waals surface area contributed by atoms with Crippen LogP contribution in [0.1, 0.15) is 11.1 Å². The molecule has 2 aromatic carbocycles. The molecule has 0 aliphatic heterocycles. The molecule has 0 unspecified atom stereocenters. The van der Waals surface area contributed by atoms with E-state index in [1.54, 1.807) is 32.2 Å². The van der Waals surface area contributed by atoms with Gasteiger partial charge in [-0.3, -0.25) is 14.9 Å². The van der Waals surface area contributed by atoms with Gasteiger partial charge in [0.15, 0.2) is 5.11 Å². The van der Waals surface area contributed by atoms with Gasteiger partial charge in [-0.1, -0.05) is 24.3 Å². The van der Waals surface area contributed by atoms with Gasteiger partial charge in [0.2, 0.25) is 11.8 Å². The van der Waals surface area contributed by atoms with Gasteiger partial charge in [-0.2, -0.15) is 0 Å². The van der Waals surface area contributed by atoms with Gasteiger partial charge in [-0.15, -0.1) is 0 Å². The zero-order valence-electron chi connectivity index (χ0n) is 16.1. The summed E-state index contributed by atoms with van der Waals surface area (Å²) in [5.41, 5.74) is 2.50. The minimum atomic E-state index is -0.332. The number of likely N-dealkylation sites (N-methyl/N-ethyl adjacent to an activating group) is 1. The molecule has 0 bridgehead atoms. The quantitative estimate of drug-likeness (QED) is 0.579. The summed E-state index contributed by atoms with van der Waals surface area (Å²) in [6.07, 6.45) is 3.43. The Labute approximate surface area is 170 Å². The number of methoxy groups -OCH3 is 1. The molecule has 2 N–H and O–H groups in total. The Morgan fingerprint density at radius 1 is 1.07 bits per heavy atom. The fourth-order valence-electron chi connectivity index (χ4n) is 2.24. The zero-order valence-corrected chi connectivity index (χ0v) is 16.9. The van der Waals surface area contributed by atoms with Crippen molar-refractivity contribution in [2.45, 2.75) is 6.42 Å². The molecule has 6 nitrogen and oxygen atoms in total. The molecule has 0 fully saturated rings. The fraction of sp³-hybridized carbons (Fsp3) is 0.190. The first-order valence-electron chi connectivity index (χ1n) is 8.60. The normalized spacial score (nSPS) is 10.4. The summed E-state index contributed by atoms with van der Waals surface area (Å²) in [5, 5.41) is 5.73. The van der Waals surface area contributed by atoms with Crippen molar-refractivity contribution in [3.05, 3.63) is 65.7 Å². The van der Waals surface area contributed by atoms with Crippen molar-refractivity contribution in [1.82, 2.24) is 10.2 Å². The van der Waals surface area contributed by atoms with Crippen molar-refractivity contribution in [3.63, 3.8) is 0 Å². The highest BCUT2D eigenvalue weighted by Gasteiger charge is 2.06. The van der Waals surface area contributed by atoms with E-state index < -0.39 is 0 Å². The lowest BCUT2D eigenvalue weighted by Crippen LogP contribution is -2.32. The fourth-order valence-corrected chi connectivity index (χ4v) is 2.46. The van der Waals surface area contributed by atoms with E-state index >= 15 is 0 Å². The Kier molecular flexibility index (Phi) is 7.71. The number of anilines is 1. The number of ether oxygens (including phenoxy) is 1. The topological polar surface area (TPSA) is 70.7 Å². The lowest BCUT2D eigenvalue weighted by atomic mass is 10.1. The van der Waals surface area contributed by atoms with Crippen LogP contribution in [-0.4, -0.2) is 43.0 Å². The number of hydrogen-bond acceptors (Lipinski definition) is 4. The summed E-state index contributed by atoms with van der Waals surface area (Å²) in [5.74, 6) is 0.456. The Hall–Kier alpha value is -3.19. The van der Waals surface area contributed by atoms with Gasteiger partial charge >= 0.3 is 0 Å². The second-order valence-electron chi connectivity index (χ2n) is 6.21. The molecule has 0 aliphatic rings. The maximum atomic E-state index is 12.0. The largest absolute Gasteiger partial charge is 0.497 e. The molecular weight excluding hydrogens is 374 g/mol. The predicted octanol–water partition coefficient (Wildman–Crippen LogP) is 2.85. The van der Waals surface area contributed by atoms with Crippen molar-refractivity contribution in [1.29, 1.82) is 0 Å². The maximum absolute atomic E-state index is 12.0. The molecule has 0 aliphatic carbocycles. The molecule has 0 heterocycles. The van der Waals surface area contributed by atoms with Crippen LogP contribution in [0.2, 0.25) is 0 Å². The second kappa shape index (κ2) is 10.2. The van der Waals surface area contributed by atoms with E-state index in [0.29, 0.717) is 6.42 Å². The molecule has 2 aromatic rings. The van der Waals surface area contributed by atoms with Crippen molar-refractivity contribution in [2.24, 2.45) is 0 Å². The van der Waals surface area contributed by atoms with Crippen LogP contribution < -0.4 is 15.4 Å². The van der Waals surface area contributed by atoms with Crippen LogP contribution in [0.5, 0.6) is 5.75 Å². The van der Waals surface area contributed by atoms with E-state index in [4.69, 9.17) is 17.0 Å². The van der Waals surface area contributed by atoms with Crippen LogP contribution in [0.4, 0.5) is 5.69 Å². The number of amides is 2. The number of benzene rings is 2. The van der Waals surface area contributed by atoms with Crippen LogP contribution in [0.25, 0.3) is 6.08 Å². The minimum Gasteiger partial charge on any atom is -0.497 e. The third kappa shape index (κ3) is 6.85. The maximum Gasteiger partial charge on any atom is 0.250 e. The summed E-state index contributed by atoms with van der Waals surface area (Å²) < 4.78 is 5.09. The van der Waals surface area contributed by atoms with Crippen LogP contribution in [0, 0.1) is 0 Å². The number of carbonyl (C=O) groups excluding carboxylic acids is 2. The standard InChI is InChI=1S/C21H23N3O3S/c1-24(2)20(26)14-16-4-9-17(10-5-16)22-21(28)23-19(25)13-8-15-6-11-18(27-3)12-7-15/h4-13H,14H2,1-3H3,(H2,22,23,25,28)/b13-8+. The summed E-state index contributed by atoms with van der Waals surface area (Å²) in [7, 11) is 5.05. The SMILES string of the molecule is COc1ccc(/C=C/C(=O)NC(=S)Nc2ccc(CC(=O)N(C)C)cc2)cc1. The first-order chi connectivity index (χ1) is 13.4. The van der Waals surface area contributed by atoms with Crippen LogP contribution in [0.15, 0.2) is 54.6 Å². The molecule has 0 atom stereocenters. The van der Waals surface area contributed by atoms with Gasteiger partial charge in [-0.25, -0.2) is 0 Å². The van der Waals surface area contributed by atoms with Gasteiger partial charge < -0.3 is 15.0 Å². The lowest BCUT2D eigenvalue weighted by molar-refractivity contribution is -0.128. The number of nitrogens with zero attached hydrogens (tertiary/aromatic N) is 1. The van der Waals surface area contributed by atoms with E-state index in [0.717, 1.165) is 22.6 Å². The second-order valence-corrected chi connectivity index (χ2v) is 6.62. The van der Waals surface area contributed by atoms with Gasteiger partial charge in [0.05, 0.1) is 13.5 Å². The van der Waals surface area contributed by atoms with Gasteiger partial charge in [0, 0.05) is 25.9 Å². The molecule has 28 heavy (non-hydrogen) atoms. The monoisotopic (exact) mass is 397 g/mol. The molecule has 7 heteroatoms. The highest BCUT2D eigenvalue weighted by Crippen LogP contribution is 2.12. The zero-order chi connectivity index (χ0) is 20.5. The predicted molar refractivity (Wildman–Crippen MR) is 115 cm³/mol. The molecule has 0 saturated heterocycles. The van der Waals surface area contributed by atoms with E-state index in [1.165, 1.54) is 6.08 Å². The van der Waals surface area contributed by atoms with Gasteiger partial charge in [-0.05, 0) is 53.7 Å². The molecule has 0 radical (unpaired) electrons. The highest BCUT2D eigenvalue weighted by molar-refractivity contribution is 7.80. The molecule has 2 rings (SSSR count). The Morgan fingerprint density at radius 3 is 2.29 bits per heavy atom. The molecule has 0 spiro atoms. The van der Waals surface area contributed by atoms with Crippen molar-refractivity contribution >= 4 is 40.9 Å². The van der Waals surface area contributed by atoms with Crippen LogP contribution >= 0.6 is 12.2 Å². The third-order valence-corrected chi connectivity index (χ3v) is 4.05. The Morgan fingerprint density at radius 2 is 1.71 bits per heavy atom. The number of carbonyl (C=O) groups is 2. The minimum absolute atomic E-state index is 0.0344. The first kappa shape index (κ1) is 21.1. The van der Waals surface area contributed by atoms with E-state index in [1.807, 2.05) is 48.5 Å². The van der Waals surface area contributed by atoms with Gasteiger partial charge in [0.25, 0.3) is 0 Å². The molecular formula is C21H23N3O3S. The Balaban J connectivity index is 1.84. The number of hydrogen-bond donors (Lipinski definition) is 2. The average molecular weight is 398 g/mol. The summed E-state index contributed by atoms with van der Waals surface area (Å²) >= 11 is 5.16. The number of rotatable bonds is 6. The summed E-state index contributed by atoms with van der Waals surface area (Å²) in [4.78, 5) is 25.3. The van der Waals surface area contributed by atoms with Crippen LogP contribution in [-0.2, 0) is 16.0 Å². The average Bonchev–Trinajstić information content (AvgIpc) is 2.68. The molecule has 146 valence electrons. The van der Waals surface area contributed by atoms with E-state index in [2.05, 4.69) is 10.6 Å².